The van der Waals surface area contributed by atoms with E-state index in [-0.39, 0.29) is 12.4 Å². The van der Waals surface area contributed by atoms with Crippen molar-refractivity contribution >= 4 is 18.3 Å². The van der Waals surface area contributed by atoms with E-state index in [4.69, 9.17) is 0 Å². The van der Waals surface area contributed by atoms with Crippen molar-refractivity contribution in [2.75, 3.05) is 19.6 Å². The Morgan fingerprint density at radius 2 is 1.96 bits per heavy atom. The lowest BCUT2D eigenvalue weighted by Gasteiger charge is -2.35. The second-order valence-electron chi connectivity index (χ2n) is 6.85. The molecule has 23 heavy (non-hydrogen) atoms. The van der Waals surface area contributed by atoms with Gasteiger partial charge in [0.1, 0.15) is 0 Å². The highest BCUT2D eigenvalue weighted by Gasteiger charge is 2.29. The molecule has 2 aliphatic rings. The molecule has 0 bridgehead atoms. The molecule has 1 N–H and O–H groups in total. The zero-order chi connectivity index (χ0) is 15.4. The standard InChI is InChI=1S/C19H28N2O.ClH/c1-15-5-2-3-6-16(15)8-9-19(22)21-13-10-17(11-14-21)18-7-4-12-20-18;/h2-3,5-6,17-18,20H,4,7-14H2,1H3;1H. The molecule has 1 unspecified atom stereocenters. The third-order valence-corrected chi connectivity index (χ3v) is 5.43. The summed E-state index contributed by atoms with van der Waals surface area (Å²) in [6.45, 7) is 5.21. The van der Waals surface area contributed by atoms with E-state index < -0.39 is 0 Å². The van der Waals surface area contributed by atoms with Gasteiger partial charge in [0.05, 0.1) is 0 Å². The Balaban J connectivity index is 0.00000192. The van der Waals surface area contributed by atoms with E-state index in [1.165, 1.54) is 43.4 Å². The van der Waals surface area contributed by atoms with Crippen molar-refractivity contribution in [3.05, 3.63) is 35.4 Å². The van der Waals surface area contributed by atoms with Crippen molar-refractivity contribution in [3.8, 4) is 0 Å². The van der Waals surface area contributed by atoms with Gasteiger partial charge < -0.3 is 10.2 Å². The molecule has 0 aromatic heterocycles. The Morgan fingerprint density at radius 1 is 1.22 bits per heavy atom. The van der Waals surface area contributed by atoms with E-state index in [0.717, 1.165) is 25.4 Å². The molecule has 2 heterocycles. The minimum absolute atomic E-state index is 0. The molecule has 2 fully saturated rings. The van der Waals surface area contributed by atoms with Gasteiger partial charge in [0, 0.05) is 25.6 Å². The van der Waals surface area contributed by atoms with E-state index in [1.807, 2.05) is 0 Å². The lowest BCUT2D eigenvalue weighted by molar-refractivity contribution is -0.132. The zero-order valence-electron chi connectivity index (χ0n) is 14.1. The predicted octanol–water partition coefficient (Wildman–Crippen LogP) is 3.34. The number of hydrogen-bond acceptors (Lipinski definition) is 2. The average Bonchev–Trinajstić information content (AvgIpc) is 3.08. The van der Waals surface area contributed by atoms with Crippen molar-refractivity contribution in [2.45, 2.75) is 51.5 Å². The molecule has 4 heteroatoms. The van der Waals surface area contributed by atoms with E-state index in [2.05, 4.69) is 41.4 Å². The Kier molecular flexibility index (Phi) is 6.91. The average molecular weight is 337 g/mol. The Bertz CT molecular complexity index is 506. The van der Waals surface area contributed by atoms with Crippen molar-refractivity contribution in [1.29, 1.82) is 0 Å². The number of aryl methyl sites for hydroxylation is 2. The Morgan fingerprint density at radius 3 is 2.61 bits per heavy atom. The number of nitrogens with one attached hydrogen (secondary N) is 1. The van der Waals surface area contributed by atoms with Gasteiger partial charge in [-0.3, -0.25) is 4.79 Å². The molecular formula is C19H29ClN2O. The van der Waals surface area contributed by atoms with Crippen LogP contribution in [0.15, 0.2) is 24.3 Å². The number of halogens is 1. The Labute approximate surface area is 146 Å². The second-order valence-corrected chi connectivity index (χ2v) is 6.85. The number of rotatable bonds is 4. The topological polar surface area (TPSA) is 32.3 Å². The number of nitrogens with zero attached hydrogens (tertiary/aromatic N) is 1. The van der Waals surface area contributed by atoms with Crippen molar-refractivity contribution in [2.24, 2.45) is 5.92 Å². The van der Waals surface area contributed by atoms with Crippen LogP contribution in [0.3, 0.4) is 0 Å². The van der Waals surface area contributed by atoms with Crippen molar-refractivity contribution in [3.63, 3.8) is 0 Å². The van der Waals surface area contributed by atoms with Crippen LogP contribution in [0.2, 0.25) is 0 Å². The van der Waals surface area contributed by atoms with Gasteiger partial charge in [0.2, 0.25) is 5.91 Å². The number of amides is 1. The first-order valence-electron chi connectivity index (χ1n) is 8.79. The van der Waals surface area contributed by atoms with Crippen LogP contribution in [0.4, 0.5) is 0 Å². The monoisotopic (exact) mass is 336 g/mol. The summed E-state index contributed by atoms with van der Waals surface area (Å²) in [5.41, 5.74) is 2.60. The van der Waals surface area contributed by atoms with Crippen LogP contribution in [0, 0.1) is 12.8 Å². The van der Waals surface area contributed by atoms with Crippen molar-refractivity contribution < 1.29 is 4.79 Å². The fraction of sp³-hybridized carbons (Fsp3) is 0.632. The molecule has 3 nitrogen and oxygen atoms in total. The largest absolute Gasteiger partial charge is 0.343 e. The molecule has 1 aromatic carbocycles. The number of piperidine rings is 1. The summed E-state index contributed by atoms with van der Waals surface area (Å²) < 4.78 is 0. The van der Waals surface area contributed by atoms with Gasteiger partial charge in [-0.05, 0) is 62.6 Å². The number of likely N-dealkylation sites (tertiary alicyclic amines) is 1. The third-order valence-electron chi connectivity index (χ3n) is 5.43. The number of benzene rings is 1. The molecule has 3 rings (SSSR count). The molecule has 2 aliphatic heterocycles. The fourth-order valence-corrected chi connectivity index (χ4v) is 3.96. The van der Waals surface area contributed by atoms with E-state index in [1.54, 1.807) is 0 Å². The van der Waals surface area contributed by atoms with Gasteiger partial charge in [-0.15, -0.1) is 12.4 Å². The van der Waals surface area contributed by atoms with Crippen LogP contribution in [0.25, 0.3) is 0 Å². The van der Waals surface area contributed by atoms with Crippen LogP contribution in [-0.2, 0) is 11.2 Å². The molecule has 0 radical (unpaired) electrons. The van der Waals surface area contributed by atoms with Crippen LogP contribution < -0.4 is 5.32 Å². The van der Waals surface area contributed by atoms with Gasteiger partial charge >= 0.3 is 0 Å². The summed E-state index contributed by atoms with van der Waals surface area (Å²) in [5, 5.41) is 3.62. The van der Waals surface area contributed by atoms with Crippen LogP contribution in [0.5, 0.6) is 0 Å². The summed E-state index contributed by atoms with van der Waals surface area (Å²) in [5.74, 6) is 1.11. The first-order chi connectivity index (χ1) is 10.7. The Hall–Kier alpha value is -1.06. The van der Waals surface area contributed by atoms with Gasteiger partial charge in [-0.1, -0.05) is 24.3 Å². The molecule has 128 valence electrons. The quantitative estimate of drug-likeness (QED) is 0.914. The third kappa shape index (κ3) is 4.71. The molecule has 1 atom stereocenters. The highest BCUT2D eigenvalue weighted by molar-refractivity contribution is 5.85. The molecular weight excluding hydrogens is 308 g/mol. The van der Waals surface area contributed by atoms with Crippen molar-refractivity contribution in [1.82, 2.24) is 10.2 Å². The van der Waals surface area contributed by atoms with Gasteiger partial charge in [0.15, 0.2) is 0 Å². The minimum Gasteiger partial charge on any atom is -0.343 e. The van der Waals surface area contributed by atoms with E-state index >= 15 is 0 Å². The minimum atomic E-state index is 0. The highest BCUT2D eigenvalue weighted by atomic mass is 35.5. The van der Waals surface area contributed by atoms with Gasteiger partial charge in [-0.25, -0.2) is 0 Å². The SMILES string of the molecule is Cc1ccccc1CCC(=O)N1CCC(C2CCCN2)CC1.Cl. The maximum Gasteiger partial charge on any atom is 0.222 e. The maximum absolute atomic E-state index is 12.4. The van der Waals surface area contributed by atoms with Gasteiger partial charge in [-0.2, -0.15) is 0 Å². The number of hydrogen-bond donors (Lipinski definition) is 1. The number of carbonyl (C=O) groups is 1. The van der Waals surface area contributed by atoms with Crippen LogP contribution >= 0.6 is 12.4 Å². The zero-order valence-corrected chi connectivity index (χ0v) is 14.9. The molecule has 1 amide bonds. The fourth-order valence-electron chi connectivity index (χ4n) is 3.96. The lowest BCUT2D eigenvalue weighted by atomic mass is 9.88. The summed E-state index contributed by atoms with van der Waals surface area (Å²) in [6.07, 6.45) is 6.51. The smallest absolute Gasteiger partial charge is 0.222 e. The molecule has 0 aliphatic carbocycles. The molecule has 0 spiro atoms. The normalized spacial score (nSPS) is 22.0. The number of carbonyl (C=O) groups excluding carboxylic acids is 1. The molecule has 1 aromatic rings. The molecule has 2 saturated heterocycles. The molecule has 0 saturated carbocycles. The predicted molar refractivity (Wildman–Crippen MR) is 97.1 cm³/mol. The maximum atomic E-state index is 12.4. The lowest BCUT2D eigenvalue weighted by Crippen LogP contribution is -2.43. The summed E-state index contributed by atoms with van der Waals surface area (Å²) in [4.78, 5) is 14.5. The van der Waals surface area contributed by atoms with E-state index in [9.17, 15) is 4.79 Å². The van der Waals surface area contributed by atoms with Crippen LogP contribution in [0.1, 0.15) is 43.2 Å². The van der Waals surface area contributed by atoms with Gasteiger partial charge in [0.25, 0.3) is 0 Å². The first kappa shape index (κ1) is 18.3. The summed E-state index contributed by atoms with van der Waals surface area (Å²) in [7, 11) is 0. The van der Waals surface area contributed by atoms with Crippen LogP contribution in [-0.4, -0.2) is 36.5 Å². The highest BCUT2D eigenvalue weighted by Crippen LogP contribution is 2.26. The second kappa shape index (κ2) is 8.70. The first-order valence-corrected chi connectivity index (χ1v) is 8.79. The summed E-state index contributed by atoms with van der Waals surface area (Å²) in [6, 6.07) is 9.10. The summed E-state index contributed by atoms with van der Waals surface area (Å²) >= 11 is 0. The van der Waals surface area contributed by atoms with E-state index in [0.29, 0.717) is 18.4 Å².